The third-order valence-corrected chi connectivity index (χ3v) is 7.16. The van der Waals surface area contributed by atoms with Crippen LogP contribution in [0.25, 0.3) is 0 Å². The summed E-state index contributed by atoms with van der Waals surface area (Å²) in [6.07, 6.45) is 30.0. The molecule has 0 unspecified atom stereocenters. The van der Waals surface area contributed by atoms with Crippen LogP contribution in [0.1, 0.15) is 180 Å². The molecular weight excluding hydrogens is 536 g/mol. The topological polar surface area (TPSA) is 156 Å². The summed E-state index contributed by atoms with van der Waals surface area (Å²) in [5.74, 6) is -1.43. The first-order chi connectivity index (χ1) is 20.5. The SMILES string of the molecule is O=C(O)CCCCCCCCCCC(=O)O.OCCCCCCCCCCCCO.OCCCCCCCCCCO. The molecule has 0 aromatic rings. The van der Waals surface area contributed by atoms with E-state index < -0.39 is 11.9 Å². The van der Waals surface area contributed by atoms with E-state index in [2.05, 4.69) is 0 Å². The van der Waals surface area contributed by atoms with E-state index in [4.69, 9.17) is 30.6 Å². The van der Waals surface area contributed by atoms with Gasteiger partial charge in [0.15, 0.2) is 0 Å². The van der Waals surface area contributed by atoms with E-state index in [1.54, 1.807) is 0 Å². The molecular formula is C34H70O8. The quantitative estimate of drug-likeness (QED) is 0.0433. The number of aliphatic carboxylic acids is 2. The lowest BCUT2D eigenvalue weighted by Crippen LogP contribution is -1.94. The van der Waals surface area contributed by atoms with E-state index in [0.29, 0.717) is 26.4 Å². The number of aliphatic hydroxyl groups excluding tert-OH is 4. The van der Waals surface area contributed by atoms with Gasteiger partial charge in [0.2, 0.25) is 0 Å². The Morgan fingerprint density at radius 1 is 0.262 bits per heavy atom. The molecule has 0 aliphatic heterocycles. The Labute approximate surface area is 258 Å². The van der Waals surface area contributed by atoms with Crippen molar-refractivity contribution in [3.05, 3.63) is 0 Å². The maximum absolute atomic E-state index is 10.2. The van der Waals surface area contributed by atoms with Crippen LogP contribution >= 0.6 is 0 Å². The van der Waals surface area contributed by atoms with Crippen molar-refractivity contribution in [3.63, 3.8) is 0 Å². The van der Waals surface area contributed by atoms with Gasteiger partial charge in [0.05, 0.1) is 0 Å². The summed E-state index contributed by atoms with van der Waals surface area (Å²) in [6, 6.07) is 0. The summed E-state index contributed by atoms with van der Waals surface area (Å²) in [5, 5.41) is 51.0. The maximum Gasteiger partial charge on any atom is 0.303 e. The number of unbranched alkanes of at least 4 members (excludes halogenated alkanes) is 23. The monoisotopic (exact) mass is 607 g/mol. The van der Waals surface area contributed by atoms with Gasteiger partial charge < -0.3 is 30.6 Å². The lowest BCUT2D eigenvalue weighted by atomic mass is 10.1. The Hall–Kier alpha value is -1.22. The first-order valence-corrected chi connectivity index (χ1v) is 17.3. The summed E-state index contributed by atoms with van der Waals surface area (Å²) < 4.78 is 0. The Morgan fingerprint density at radius 2 is 0.405 bits per heavy atom. The van der Waals surface area contributed by atoms with Crippen molar-refractivity contribution in [3.8, 4) is 0 Å². The van der Waals surface area contributed by atoms with Gasteiger partial charge in [-0.15, -0.1) is 0 Å². The molecule has 6 N–H and O–H groups in total. The Morgan fingerprint density at radius 3 is 0.548 bits per heavy atom. The van der Waals surface area contributed by atoms with Gasteiger partial charge in [0, 0.05) is 39.3 Å². The van der Waals surface area contributed by atoms with Crippen LogP contribution in [-0.4, -0.2) is 69.0 Å². The van der Waals surface area contributed by atoms with Gasteiger partial charge in [0.1, 0.15) is 0 Å². The average Bonchev–Trinajstić information content (AvgIpc) is 2.97. The van der Waals surface area contributed by atoms with Crippen LogP contribution in [0.15, 0.2) is 0 Å². The van der Waals surface area contributed by atoms with Gasteiger partial charge in [-0.2, -0.15) is 0 Å². The second-order valence-corrected chi connectivity index (χ2v) is 11.4. The van der Waals surface area contributed by atoms with Gasteiger partial charge in [-0.1, -0.05) is 128 Å². The van der Waals surface area contributed by atoms with E-state index in [0.717, 1.165) is 89.9 Å². The lowest BCUT2D eigenvalue weighted by molar-refractivity contribution is -0.138. The molecule has 0 aromatic heterocycles. The zero-order chi connectivity index (χ0) is 31.8. The molecule has 0 heterocycles. The highest BCUT2D eigenvalue weighted by Gasteiger charge is 1.98. The molecule has 254 valence electrons. The van der Waals surface area contributed by atoms with Crippen LogP contribution in [-0.2, 0) is 9.59 Å². The molecule has 0 aliphatic carbocycles. The number of carboxylic acids is 2. The zero-order valence-electron chi connectivity index (χ0n) is 27.1. The molecule has 0 saturated heterocycles. The smallest absolute Gasteiger partial charge is 0.303 e. The number of rotatable bonds is 31. The van der Waals surface area contributed by atoms with Gasteiger partial charge in [-0.05, 0) is 38.5 Å². The van der Waals surface area contributed by atoms with E-state index >= 15 is 0 Å². The molecule has 0 fully saturated rings. The highest BCUT2D eigenvalue weighted by molar-refractivity contribution is 5.66. The predicted octanol–water partition coefficient (Wildman–Crippen LogP) is 8.02. The minimum Gasteiger partial charge on any atom is -0.481 e. The molecule has 8 nitrogen and oxygen atoms in total. The number of hydrogen-bond donors (Lipinski definition) is 6. The Balaban J connectivity index is -0.000000549. The van der Waals surface area contributed by atoms with Crippen molar-refractivity contribution in [1.29, 1.82) is 0 Å². The number of hydrogen-bond acceptors (Lipinski definition) is 6. The first kappa shape index (κ1) is 45.2. The molecule has 0 aliphatic rings. The molecule has 0 atom stereocenters. The van der Waals surface area contributed by atoms with Crippen LogP contribution in [0.4, 0.5) is 0 Å². The van der Waals surface area contributed by atoms with Gasteiger partial charge in [0.25, 0.3) is 0 Å². The third-order valence-electron chi connectivity index (χ3n) is 7.16. The highest BCUT2D eigenvalue weighted by atomic mass is 16.4. The van der Waals surface area contributed by atoms with Crippen LogP contribution in [0.3, 0.4) is 0 Å². The van der Waals surface area contributed by atoms with Gasteiger partial charge >= 0.3 is 11.9 Å². The molecule has 0 rings (SSSR count). The second-order valence-electron chi connectivity index (χ2n) is 11.4. The van der Waals surface area contributed by atoms with Crippen molar-refractivity contribution in [2.24, 2.45) is 0 Å². The van der Waals surface area contributed by atoms with E-state index in [-0.39, 0.29) is 12.8 Å². The normalized spacial score (nSPS) is 10.5. The molecule has 0 amide bonds. The van der Waals surface area contributed by atoms with Crippen LogP contribution < -0.4 is 0 Å². The Kier molecular flexibility index (Phi) is 47.6. The Bertz CT molecular complexity index is 458. The average molecular weight is 607 g/mol. The summed E-state index contributed by atoms with van der Waals surface area (Å²) >= 11 is 0. The fourth-order valence-corrected chi connectivity index (χ4v) is 4.54. The first-order valence-electron chi connectivity index (χ1n) is 17.3. The maximum atomic E-state index is 10.2. The van der Waals surface area contributed by atoms with E-state index in [1.807, 2.05) is 0 Å². The fraction of sp³-hybridized carbons (Fsp3) is 0.941. The standard InChI is InChI=1S/C12H22O4.C12H26O2.C10H22O2/c13-11(14)9-7-5-3-1-2-4-6-8-10-12(15)16;13-11-9-7-5-3-1-2-4-6-8-10-12-14;11-9-7-5-3-1-2-4-6-8-10-12/h1-10H2,(H,13,14)(H,15,16);13-14H,1-12H2;11-12H,1-10H2. The zero-order valence-corrected chi connectivity index (χ0v) is 27.1. The minimum absolute atomic E-state index is 0.276. The van der Waals surface area contributed by atoms with Crippen LogP contribution in [0, 0.1) is 0 Å². The fourth-order valence-electron chi connectivity index (χ4n) is 4.54. The van der Waals surface area contributed by atoms with Crippen molar-refractivity contribution in [2.45, 2.75) is 180 Å². The molecule has 0 bridgehead atoms. The summed E-state index contributed by atoms with van der Waals surface area (Å²) in [4.78, 5) is 20.4. The predicted molar refractivity (Wildman–Crippen MR) is 173 cm³/mol. The largest absolute Gasteiger partial charge is 0.481 e. The molecule has 0 saturated carbocycles. The van der Waals surface area contributed by atoms with Crippen molar-refractivity contribution in [2.75, 3.05) is 26.4 Å². The second kappa shape index (κ2) is 44.2. The van der Waals surface area contributed by atoms with Crippen molar-refractivity contribution >= 4 is 11.9 Å². The summed E-state index contributed by atoms with van der Waals surface area (Å²) in [5.41, 5.74) is 0. The lowest BCUT2D eigenvalue weighted by Gasteiger charge is -2.01. The van der Waals surface area contributed by atoms with Crippen LogP contribution in [0.2, 0.25) is 0 Å². The number of carboxylic acid groups (broad SMARTS) is 2. The summed E-state index contributed by atoms with van der Waals surface area (Å²) in [7, 11) is 0. The number of carbonyl (C=O) groups is 2. The van der Waals surface area contributed by atoms with E-state index in [9.17, 15) is 9.59 Å². The molecule has 42 heavy (non-hydrogen) atoms. The number of aliphatic hydroxyl groups is 4. The van der Waals surface area contributed by atoms with Gasteiger partial charge in [-0.25, -0.2) is 0 Å². The van der Waals surface area contributed by atoms with Gasteiger partial charge in [-0.3, -0.25) is 9.59 Å². The highest BCUT2D eigenvalue weighted by Crippen LogP contribution is 2.11. The van der Waals surface area contributed by atoms with E-state index in [1.165, 1.54) is 77.0 Å². The molecule has 0 spiro atoms. The third kappa shape index (κ3) is 54.8. The minimum atomic E-state index is -0.714. The van der Waals surface area contributed by atoms with Crippen molar-refractivity contribution in [1.82, 2.24) is 0 Å². The molecule has 8 heteroatoms. The van der Waals surface area contributed by atoms with Crippen LogP contribution in [0.5, 0.6) is 0 Å². The van der Waals surface area contributed by atoms with Crippen molar-refractivity contribution < 1.29 is 40.2 Å². The summed E-state index contributed by atoms with van der Waals surface area (Å²) in [6.45, 7) is 1.37. The molecule has 0 aromatic carbocycles. The molecule has 0 radical (unpaired) electrons.